The number of rotatable bonds is 3. The fraction of sp³-hybridized carbons (Fsp3) is 0.455. The van der Waals surface area contributed by atoms with Gasteiger partial charge in [0.15, 0.2) is 0 Å². The van der Waals surface area contributed by atoms with Crippen LogP contribution in [0.4, 0.5) is 5.82 Å². The molecule has 0 bridgehead atoms. The quantitative estimate of drug-likeness (QED) is 0.534. The number of pyridine rings is 1. The van der Waals surface area contributed by atoms with Crippen molar-refractivity contribution in [2.24, 2.45) is 11.8 Å². The largest absolute Gasteiger partial charge is 0.355 e. The number of aryl methyl sites for hydroxylation is 1. The molecule has 2 aliphatic heterocycles. The molecule has 2 fully saturated rings. The van der Waals surface area contributed by atoms with E-state index in [1.54, 1.807) is 21.6 Å². The van der Waals surface area contributed by atoms with Crippen LogP contribution in [0.3, 0.4) is 0 Å². The summed E-state index contributed by atoms with van der Waals surface area (Å²) in [4.78, 5) is 35.5. The average molecular weight is 443 g/mol. The molecule has 2 aliphatic rings. The van der Waals surface area contributed by atoms with Gasteiger partial charge in [-0.2, -0.15) is 0 Å². The fourth-order valence-electron chi connectivity index (χ4n) is 4.41. The smallest absolute Gasteiger partial charge is 0.267 e. The van der Waals surface area contributed by atoms with Gasteiger partial charge in [0.2, 0.25) is 0 Å². The fourth-order valence-corrected chi connectivity index (χ4v) is 5.77. The maximum Gasteiger partial charge on any atom is 0.267 e. The van der Waals surface area contributed by atoms with Gasteiger partial charge < -0.3 is 4.90 Å². The molecule has 0 aliphatic carbocycles. The number of likely N-dealkylation sites (N-methyl/N-ethyl adjacent to an activating group) is 1. The molecule has 1 amide bonds. The van der Waals surface area contributed by atoms with Crippen molar-refractivity contribution in [3.8, 4) is 0 Å². The SMILES string of the molecule is CCN1C(=O)/C(=C\c2c(N3CC(C)CC(C)C3)nc3c(C)cccn3c2=O)SC1=S. The van der Waals surface area contributed by atoms with E-state index >= 15 is 0 Å². The van der Waals surface area contributed by atoms with Crippen LogP contribution in [0, 0.1) is 18.8 Å². The molecule has 30 heavy (non-hydrogen) atoms. The van der Waals surface area contributed by atoms with Crippen LogP contribution in [0.25, 0.3) is 11.7 Å². The highest BCUT2D eigenvalue weighted by molar-refractivity contribution is 8.26. The molecular formula is C22H26N4O2S2. The third-order valence-electron chi connectivity index (χ3n) is 5.70. The normalized spacial score (nSPS) is 23.8. The number of piperidine rings is 1. The second-order valence-electron chi connectivity index (χ2n) is 8.32. The third-order valence-corrected chi connectivity index (χ3v) is 7.08. The molecule has 4 heterocycles. The summed E-state index contributed by atoms with van der Waals surface area (Å²) in [5.41, 5.74) is 1.89. The van der Waals surface area contributed by atoms with Crippen molar-refractivity contribution < 1.29 is 4.79 Å². The number of nitrogens with zero attached hydrogens (tertiary/aromatic N) is 4. The summed E-state index contributed by atoms with van der Waals surface area (Å²) in [7, 11) is 0. The Kier molecular flexibility index (Phi) is 5.72. The van der Waals surface area contributed by atoms with E-state index in [2.05, 4.69) is 18.7 Å². The Hall–Kier alpha value is -2.19. The monoisotopic (exact) mass is 442 g/mol. The second-order valence-corrected chi connectivity index (χ2v) is 9.99. The molecule has 8 heteroatoms. The summed E-state index contributed by atoms with van der Waals surface area (Å²) in [5.74, 6) is 1.54. The van der Waals surface area contributed by atoms with Gasteiger partial charge in [-0.15, -0.1) is 0 Å². The zero-order valence-corrected chi connectivity index (χ0v) is 19.3. The number of fused-ring (bicyclic) bond motifs is 1. The third kappa shape index (κ3) is 3.67. The van der Waals surface area contributed by atoms with Crippen LogP contribution < -0.4 is 10.5 Å². The number of anilines is 1. The van der Waals surface area contributed by atoms with Crippen LogP contribution >= 0.6 is 24.0 Å². The van der Waals surface area contributed by atoms with Crippen LogP contribution in [0.15, 0.2) is 28.0 Å². The summed E-state index contributed by atoms with van der Waals surface area (Å²) in [6.07, 6.45) is 4.59. The molecule has 0 N–H and O–H groups in total. The minimum absolute atomic E-state index is 0.146. The van der Waals surface area contributed by atoms with Crippen molar-refractivity contribution in [3.05, 3.63) is 44.7 Å². The van der Waals surface area contributed by atoms with Gasteiger partial charge in [-0.1, -0.05) is 43.9 Å². The van der Waals surface area contributed by atoms with Crippen molar-refractivity contribution >= 4 is 51.7 Å². The van der Waals surface area contributed by atoms with Gasteiger partial charge in [0.25, 0.3) is 11.5 Å². The maximum atomic E-state index is 13.5. The van der Waals surface area contributed by atoms with E-state index in [0.29, 0.717) is 44.6 Å². The Balaban J connectivity index is 1.92. The molecule has 2 aromatic heterocycles. The molecule has 0 radical (unpaired) electrons. The molecule has 158 valence electrons. The lowest BCUT2D eigenvalue weighted by Gasteiger charge is -2.36. The highest BCUT2D eigenvalue weighted by atomic mass is 32.2. The first-order chi connectivity index (χ1) is 14.3. The molecule has 2 aromatic rings. The van der Waals surface area contributed by atoms with E-state index in [4.69, 9.17) is 17.2 Å². The van der Waals surface area contributed by atoms with Crippen molar-refractivity contribution in [2.75, 3.05) is 24.5 Å². The van der Waals surface area contributed by atoms with Crippen molar-refractivity contribution in [1.29, 1.82) is 0 Å². The highest BCUT2D eigenvalue weighted by Crippen LogP contribution is 2.34. The molecule has 2 atom stereocenters. The lowest BCUT2D eigenvalue weighted by atomic mass is 9.91. The van der Waals surface area contributed by atoms with Gasteiger partial charge in [-0.05, 0) is 49.8 Å². The number of carbonyl (C=O) groups is 1. The Labute approximate surface area is 186 Å². The van der Waals surface area contributed by atoms with Gasteiger partial charge in [-0.3, -0.25) is 18.9 Å². The van der Waals surface area contributed by atoms with E-state index in [-0.39, 0.29) is 11.5 Å². The first-order valence-electron chi connectivity index (χ1n) is 10.3. The summed E-state index contributed by atoms with van der Waals surface area (Å²) in [6.45, 7) is 10.5. The number of carbonyl (C=O) groups excluding carboxylic acids is 1. The van der Waals surface area contributed by atoms with Gasteiger partial charge in [0, 0.05) is 25.8 Å². The van der Waals surface area contributed by atoms with E-state index in [1.807, 2.05) is 26.0 Å². The number of thioether (sulfide) groups is 1. The molecule has 6 nitrogen and oxygen atoms in total. The number of hydrogen-bond acceptors (Lipinski definition) is 6. The Bertz CT molecular complexity index is 1110. The molecule has 0 spiro atoms. The maximum absolute atomic E-state index is 13.5. The molecule has 0 aromatic carbocycles. The first kappa shape index (κ1) is 21.1. The van der Waals surface area contributed by atoms with Gasteiger partial charge in [0.05, 0.1) is 10.5 Å². The van der Waals surface area contributed by atoms with Gasteiger partial charge in [-0.25, -0.2) is 4.98 Å². The lowest BCUT2D eigenvalue weighted by Crippen LogP contribution is -2.40. The minimum Gasteiger partial charge on any atom is -0.355 e. The topological polar surface area (TPSA) is 57.9 Å². The summed E-state index contributed by atoms with van der Waals surface area (Å²) in [6, 6.07) is 3.80. The lowest BCUT2D eigenvalue weighted by molar-refractivity contribution is -0.121. The molecular weight excluding hydrogens is 416 g/mol. The van der Waals surface area contributed by atoms with Crippen LogP contribution in [-0.2, 0) is 4.79 Å². The molecule has 2 saturated heterocycles. The van der Waals surface area contributed by atoms with Crippen LogP contribution in [-0.4, -0.2) is 44.1 Å². The van der Waals surface area contributed by atoms with Gasteiger partial charge >= 0.3 is 0 Å². The number of amides is 1. The van der Waals surface area contributed by atoms with E-state index < -0.39 is 0 Å². The van der Waals surface area contributed by atoms with Crippen molar-refractivity contribution in [2.45, 2.75) is 34.1 Å². The number of aromatic nitrogens is 2. The highest BCUT2D eigenvalue weighted by Gasteiger charge is 2.32. The van der Waals surface area contributed by atoms with E-state index in [1.165, 1.54) is 11.8 Å². The Morgan fingerprint density at radius 3 is 2.60 bits per heavy atom. The predicted molar refractivity (Wildman–Crippen MR) is 127 cm³/mol. The Morgan fingerprint density at radius 1 is 1.27 bits per heavy atom. The summed E-state index contributed by atoms with van der Waals surface area (Å²) < 4.78 is 2.10. The van der Waals surface area contributed by atoms with Crippen molar-refractivity contribution in [3.63, 3.8) is 0 Å². The first-order valence-corrected chi connectivity index (χ1v) is 11.5. The standard InChI is InChI=1S/C22H26N4O2S2/c1-5-25-21(28)17(30-22(25)29)10-16-19(24-11-13(2)9-14(3)12-24)23-18-15(4)7-6-8-26(18)20(16)27/h6-8,10,13-14H,5,9,11-12H2,1-4H3/b17-10+. The van der Waals surface area contributed by atoms with Crippen LogP contribution in [0.5, 0.6) is 0 Å². The molecule has 4 rings (SSSR count). The van der Waals surface area contributed by atoms with Gasteiger partial charge in [0.1, 0.15) is 15.8 Å². The molecule has 2 unspecified atom stereocenters. The summed E-state index contributed by atoms with van der Waals surface area (Å²) >= 11 is 6.59. The van der Waals surface area contributed by atoms with E-state index in [9.17, 15) is 9.59 Å². The number of thiocarbonyl (C=S) groups is 1. The average Bonchev–Trinajstić information content (AvgIpc) is 2.96. The second kappa shape index (κ2) is 8.15. The minimum atomic E-state index is -0.161. The number of hydrogen-bond donors (Lipinski definition) is 0. The zero-order valence-electron chi connectivity index (χ0n) is 17.7. The van der Waals surface area contributed by atoms with E-state index in [0.717, 1.165) is 25.1 Å². The Morgan fingerprint density at radius 2 is 1.97 bits per heavy atom. The predicted octanol–water partition coefficient (Wildman–Crippen LogP) is 3.71. The van der Waals surface area contributed by atoms with Crippen LogP contribution in [0.2, 0.25) is 0 Å². The van der Waals surface area contributed by atoms with Crippen molar-refractivity contribution in [1.82, 2.24) is 14.3 Å². The van der Waals surface area contributed by atoms with Crippen LogP contribution in [0.1, 0.15) is 38.3 Å². The zero-order chi connectivity index (χ0) is 21.6. The molecule has 0 saturated carbocycles. The summed E-state index contributed by atoms with van der Waals surface area (Å²) in [5, 5.41) is 0.